The topological polar surface area (TPSA) is 41.6 Å². The molecule has 1 saturated heterocycles. The van der Waals surface area contributed by atoms with E-state index in [2.05, 4.69) is 29.3 Å². The second-order valence-corrected chi connectivity index (χ2v) is 10.4. The van der Waals surface area contributed by atoms with Crippen molar-refractivity contribution in [2.75, 3.05) is 26.7 Å². The Bertz CT molecular complexity index is 1180. The van der Waals surface area contributed by atoms with Crippen molar-refractivity contribution in [2.45, 2.75) is 57.7 Å². The van der Waals surface area contributed by atoms with E-state index in [9.17, 15) is 18.0 Å². The molecule has 1 aliphatic heterocycles. The van der Waals surface area contributed by atoms with Crippen LogP contribution in [0.2, 0.25) is 0 Å². The number of aryl methyl sites for hydroxylation is 1. The number of fused-ring (bicyclic) bond motifs is 1. The van der Waals surface area contributed by atoms with Crippen molar-refractivity contribution in [3.05, 3.63) is 69.8 Å². The number of rotatable bonds is 7. The van der Waals surface area contributed by atoms with Gasteiger partial charge in [0.2, 0.25) is 5.91 Å². The number of alkyl halides is 3. The average molecular weight is 499 g/mol. The van der Waals surface area contributed by atoms with Crippen molar-refractivity contribution in [2.24, 2.45) is 5.92 Å². The summed E-state index contributed by atoms with van der Waals surface area (Å²) in [5, 5.41) is 2.73. The van der Waals surface area contributed by atoms with E-state index < -0.39 is 11.7 Å². The molecule has 1 saturated carbocycles. The summed E-state index contributed by atoms with van der Waals surface area (Å²) in [4.78, 5) is 14.1. The highest BCUT2D eigenvalue weighted by atomic mass is 19.4. The molecule has 2 aliphatic carbocycles. The van der Waals surface area contributed by atoms with Gasteiger partial charge in [-0.1, -0.05) is 30.2 Å². The zero-order valence-corrected chi connectivity index (χ0v) is 20.9. The zero-order valence-electron chi connectivity index (χ0n) is 20.9. The lowest BCUT2D eigenvalue weighted by Crippen LogP contribution is -2.53. The first-order valence-electron chi connectivity index (χ1n) is 12.8. The molecule has 0 radical (unpaired) electrons. The number of halogens is 3. The van der Waals surface area contributed by atoms with Crippen LogP contribution in [0.25, 0.3) is 5.57 Å². The molecular weight excluding hydrogens is 465 g/mol. The van der Waals surface area contributed by atoms with Gasteiger partial charge < -0.3 is 10.1 Å². The van der Waals surface area contributed by atoms with Crippen LogP contribution < -0.4 is 10.1 Å². The highest BCUT2D eigenvalue weighted by Crippen LogP contribution is 2.43. The highest BCUT2D eigenvalue weighted by molar-refractivity contribution is 5.79. The third kappa shape index (κ3) is 5.03. The van der Waals surface area contributed by atoms with Gasteiger partial charge in [-0.05, 0) is 84.6 Å². The second-order valence-electron chi connectivity index (χ2n) is 10.4. The summed E-state index contributed by atoms with van der Waals surface area (Å²) >= 11 is 0. The van der Waals surface area contributed by atoms with Gasteiger partial charge in [-0.25, -0.2) is 0 Å². The molecule has 3 aliphatic rings. The molecule has 36 heavy (non-hydrogen) atoms. The van der Waals surface area contributed by atoms with Crippen LogP contribution in [-0.4, -0.2) is 37.5 Å². The Balaban J connectivity index is 1.24. The Kier molecular flexibility index (Phi) is 6.86. The van der Waals surface area contributed by atoms with Crippen molar-refractivity contribution >= 4 is 11.5 Å². The molecule has 1 heterocycles. The Morgan fingerprint density at radius 2 is 1.89 bits per heavy atom. The summed E-state index contributed by atoms with van der Waals surface area (Å²) in [6, 6.07) is 10.5. The first-order chi connectivity index (χ1) is 17.2. The van der Waals surface area contributed by atoms with Crippen molar-refractivity contribution in [3.63, 3.8) is 0 Å². The minimum atomic E-state index is -4.32. The number of carbonyl (C=O) groups excluding carboxylic acids is 1. The molecule has 0 bridgehead atoms. The van der Waals surface area contributed by atoms with E-state index in [1.165, 1.54) is 34.4 Å². The van der Waals surface area contributed by atoms with Gasteiger partial charge in [0.05, 0.1) is 11.5 Å². The van der Waals surface area contributed by atoms with Crippen molar-refractivity contribution < 1.29 is 22.7 Å². The average Bonchev–Trinajstić information content (AvgIpc) is 2.79. The van der Waals surface area contributed by atoms with Gasteiger partial charge in [-0.2, -0.15) is 13.2 Å². The maximum atomic E-state index is 13.5. The predicted octanol–water partition coefficient (Wildman–Crippen LogP) is 5.95. The maximum absolute atomic E-state index is 13.5. The first kappa shape index (κ1) is 24.9. The van der Waals surface area contributed by atoms with E-state index in [1.54, 1.807) is 13.1 Å². The molecule has 0 atom stereocenters. The van der Waals surface area contributed by atoms with Crippen LogP contribution in [0.1, 0.15) is 66.3 Å². The van der Waals surface area contributed by atoms with Crippen LogP contribution in [0.5, 0.6) is 5.75 Å². The number of carbonyl (C=O) groups is 1. The number of amides is 1. The summed E-state index contributed by atoms with van der Waals surface area (Å²) in [6.45, 7) is 4.92. The van der Waals surface area contributed by atoms with Crippen LogP contribution in [0.4, 0.5) is 13.2 Å². The van der Waals surface area contributed by atoms with Gasteiger partial charge >= 0.3 is 6.18 Å². The molecule has 2 aromatic carbocycles. The normalized spacial score (nSPS) is 18.9. The molecule has 192 valence electrons. The molecule has 0 aromatic heterocycles. The molecule has 1 N–H and O–H groups in total. The Morgan fingerprint density at radius 1 is 1.11 bits per heavy atom. The fourth-order valence-electron chi connectivity index (χ4n) is 5.62. The van der Waals surface area contributed by atoms with Crippen molar-refractivity contribution in [1.82, 2.24) is 10.2 Å². The Hall–Kier alpha value is -2.80. The van der Waals surface area contributed by atoms with Crippen LogP contribution in [0.3, 0.4) is 0 Å². The lowest BCUT2D eigenvalue weighted by molar-refractivity contribution is -0.138. The number of nitrogens with zero attached hydrogens (tertiary/aromatic N) is 1. The van der Waals surface area contributed by atoms with Gasteiger partial charge in [0, 0.05) is 26.7 Å². The Morgan fingerprint density at radius 3 is 2.56 bits per heavy atom. The third-order valence-corrected chi connectivity index (χ3v) is 8.07. The fraction of sp³-hybridized carbons (Fsp3) is 0.483. The highest BCUT2D eigenvalue weighted by Gasteiger charge is 2.37. The van der Waals surface area contributed by atoms with Crippen molar-refractivity contribution in [3.8, 4) is 5.75 Å². The maximum Gasteiger partial charge on any atom is 0.416 e. The zero-order chi connectivity index (χ0) is 25.4. The first-order valence-corrected chi connectivity index (χ1v) is 12.8. The van der Waals surface area contributed by atoms with E-state index in [0.717, 1.165) is 63.1 Å². The molecule has 1 amide bonds. The number of nitrogens with one attached hydrogen (secondary N) is 1. The molecule has 2 aromatic rings. The Labute approximate surface area is 210 Å². The molecule has 5 rings (SSSR count). The number of hydrogen-bond donors (Lipinski definition) is 1. The number of hydrogen-bond acceptors (Lipinski definition) is 3. The van der Waals surface area contributed by atoms with Gasteiger partial charge in [-0.3, -0.25) is 9.69 Å². The van der Waals surface area contributed by atoms with Crippen LogP contribution in [0.15, 0.2) is 42.0 Å². The largest absolute Gasteiger partial charge is 0.489 e. The van der Waals surface area contributed by atoms with Crippen LogP contribution in [-0.2, 0) is 24.0 Å². The SMILES string of the molecule is CNC(=O)C1CN(CC2=C(C)c3ccc(OCc4ccc(C(F)(F)F)c(C5CCC5)c4)cc3CC2)C1. The minimum Gasteiger partial charge on any atom is -0.489 e. The van der Waals surface area contributed by atoms with Gasteiger partial charge in [-0.15, -0.1) is 0 Å². The third-order valence-electron chi connectivity index (χ3n) is 8.07. The van der Waals surface area contributed by atoms with Gasteiger partial charge in [0.1, 0.15) is 12.4 Å². The molecule has 0 unspecified atom stereocenters. The minimum absolute atomic E-state index is 0.000209. The molecule has 4 nitrogen and oxygen atoms in total. The molecule has 2 fully saturated rings. The predicted molar refractivity (Wildman–Crippen MR) is 134 cm³/mol. The molecule has 0 spiro atoms. The van der Waals surface area contributed by atoms with Gasteiger partial charge in [0.15, 0.2) is 0 Å². The van der Waals surface area contributed by atoms with E-state index in [4.69, 9.17) is 4.74 Å². The smallest absolute Gasteiger partial charge is 0.416 e. The number of likely N-dealkylation sites (tertiary alicyclic amines) is 1. The summed E-state index contributed by atoms with van der Waals surface area (Å²) in [7, 11) is 1.68. The number of ether oxygens (including phenoxy) is 1. The number of benzene rings is 2. The quantitative estimate of drug-likeness (QED) is 0.513. The van der Waals surface area contributed by atoms with E-state index in [-0.39, 0.29) is 24.3 Å². The monoisotopic (exact) mass is 498 g/mol. The molecule has 7 heteroatoms. The summed E-state index contributed by atoms with van der Waals surface area (Å²) in [5.41, 5.74) is 5.85. The second kappa shape index (κ2) is 9.92. The van der Waals surface area contributed by atoms with E-state index in [0.29, 0.717) is 5.56 Å². The lowest BCUT2D eigenvalue weighted by Gasteiger charge is -2.39. The van der Waals surface area contributed by atoms with Crippen LogP contribution in [0, 0.1) is 5.92 Å². The summed E-state index contributed by atoms with van der Waals surface area (Å²) in [6.07, 6.45) is 0.209. The van der Waals surface area contributed by atoms with Crippen LogP contribution >= 0.6 is 0 Å². The van der Waals surface area contributed by atoms with E-state index >= 15 is 0 Å². The fourth-order valence-corrected chi connectivity index (χ4v) is 5.62. The van der Waals surface area contributed by atoms with Crippen molar-refractivity contribution in [1.29, 1.82) is 0 Å². The molecular formula is C29H33F3N2O2. The number of allylic oxidation sites excluding steroid dienone is 1. The van der Waals surface area contributed by atoms with E-state index in [1.807, 2.05) is 6.07 Å². The van der Waals surface area contributed by atoms with Gasteiger partial charge in [0.25, 0.3) is 0 Å². The summed E-state index contributed by atoms with van der Waals surface area (Å²) in [5.74, 6) is 0.960. The summed E-state index contributed by atoms with van der Waals surface area (Å²) < 4.78 is 46.4. The standard InChI is InChI=1S/C29H33F3N2O2/c1-18-22(14-34-15-23(16-34)28(35)33-2)8-7-21-13-24(9-10-25(18)21)36-17-19-6-11-27(29(30,31)32)26(12-19)20-4-3-5-20/h6,9-13,20,23H,3-5,7-8,14-17H2,1-2H3,(H,33,35). The lowest BCUT2D eigenvalue weighted by atomic mass is 9.77.